The standard InChI is InChI=1S/C12H16N6O/c1-9-8-10(13)18(16-9)12-3-2-11(14-15-12)17-4-6-19-7-5-17/h2-3,8H,4-7,13H2,1H3. The highest BCUT2D eigenvalue weighted by Gasteiger charge is 2.13. The first-order valence-corrected chi connectivity index (χ1v) is 6.23. The second-order valence-corrected chi connectivity index (χ2v) is 4.47. The number of rotatable bonds is 2. The summed E-state index contributed by atoms with van der Waals surface area (Å²) in [7, 11) is 0. The van der Waals surface area contributed by atoms with Gasteiger partial charge in [0, 0.05) is 19.2 Å². The van der Waals surface area contributed by atoms with Crippen LogP contribution in [0.2, 0.25) is 0 Å². The van der Waals surface area contributed by atoms with Crippen molar-refractivity contribution in [1.29, 1.82) is 0 Å². The van der Waals surface area contributed by atoms with E-state index in [4.69, 9.17) is 10.5 Å². The van der Waals surface area contributed by atoms with Gasteiger partial charge in [0.25, 0.3) is 0 Å². The van der Waals surface area contributed by atoms with E-state index in [2.05, 4.69) is 20.2 Å². The molecule has 0 aliphatic carbocycles. The number of nitrogens with zero attached hydrogens (tertiary/aromatic N) is 5. The molecule has 0 saturated carbocycles. The molecule has 3 rings (SSSR count). The van der Waals surface area contributed by atoms with Crippen molar-refractivity contribution in [2.75, 3.05) is 36.9 Å². The fourth-order valence-electron chi connectivity index (χ4n) is 2.10. The molecule has 0 unspecified atom stereocenters. The quantitative estimate of drug-likeness (QED) is 0.841. The zero-order valence-electron chi connectivity index (χ0n) is 10.8. The van der Waals surface area contributed by atoms with E-state index in [1.54, 1.807) is 10.7 Å². The van der Waals surface area contributed by atoms with E-state index in [0.29, 0.717) is 11.6 Å². The van der Waals surface area contributed by atoms with E-state index in [1.165, 1.54) is 0 Å². The van der Waals surface area contributed by atoms with Crippen LogP contribution in [0.4, 0.5) is 11.6 Å². The van der Waals surface area contributed by atoms with Gasteiger partial charge in [-0.05, 0) is 19.1 Å². The molecule has 7 heteroatoms. The van der Waals surface area contributed by atoms with Crippen molar-refractivity contribution in [1.82, 2.24) is 20.0 Å². The molecule has 3 heterocycles. The molecule has 0 atom stereocenters. The van der Waals surface area contributed by atoms with Crippen LogP contribution in [0.3, 0.4) is 0 Å². The van der Waals surface area contributed by atoms with E-state index in [0.717, 1.165) is 37.8 Å². The van der Waals surface area contributed by atoms with Gasteiger partial charge in [-0.25, -0.2) is 0 Å². The Morgan fingerprint density at radius 3 is 2.42 bits per heavy atom. The summed E-state index contributed by atoms with van der Waals surface area (Å²) in [6.07, 6.45) is 0. The molecule has 19 heavy (non-hydrogen) atoms. The molecular formula is C12H16N6O. The molecule has 0 radical (unpaired) electrons. The summed E-state index contributed by atoms with van der Waals surface area (Å²) in [6.45, 7) is 5.04. The van der Waals surface area contributed by atoms with Gasteiger partial charge in [-0.1, -0.05) is 0 Å². The van der Waals surface area contributed by atoms with E-state index >= 15 is 0 Å². The van der Waals surface area contributed by atoms with Crippen LogP contribution in [0.25, 0.3) is 5.82 Å². The van der Waals surface area contributed by atoms with Gasteiger partial charge >= 0.3 is 0 Å². The number of anilines is 2. The number of nitrogens with two attached hydrogens (primary N) is 1. The number of aryl methyl sites for hydroxylation is 1. The van der Waals surface area contributed by atoms with Crippen LogP contribution in [0.1, 0.15) is 5.69 Å². The number of aromatic nitrogens is 4. The Kier molecular flexibility index (Phi) is 3.04. The van der Waals surface area contributed by atoms with Gasteiger partial charge in [0.05, 0.1) is 18.9 Å². The van der Waals surface area contributed by atoms with Gasteiger partial charge in [-0.3, -0.25) is 0 Å². The molecule has 1 aliphatic heterocycles. The first kappa shape index (κ1) is 11.9. The highest BCUT2D eigenvalue weighted by molar-refractivity contribution is 5.43. The number of nitrogen functional groups attached to an aromatic ring is 1. The third-order valence-electron chi connectivity index (χ3n) is 3.05. The summed E-state index contributed by atoms with van der Waals surface area (Å²) in [5.41, 5.74) is 6.72. The smallest absolute Gasteiger partial charge is 0.178 e. The lowest BCUT2D eigenvalue weighted by molar-refractivity contribution is 0.122. The number of hydrogen-bond donors (Lipinski definition) is 1. The van der Waals surface area contributed by atoms with E-state index in [1.807, 2.05) is 19.1 Å². The summed E-state index contributed by atoms with van der Waals surface area (Å²) in [4.78, 5) is 2.15. The summed E-state index contributed by atoms with van der Waals surface area (Å²) >= 11 is 0. The largest absolute Gasteiger partial charge is 0.384 e. The Labute approximate surface area is 111 Å². The molecule has 0 aromatic carbocycles. The van der Waals surface area contributed by atoms with Crippen molar-refractivity contribution in [3.8, 4) is 5.82 Å². The molecular weight excluding hydrogens is 244 g/mol. The normalized spacial score (nSPS) is 15.7. The topological polar surface area (TPSA) is 82.1 Å². The van der Waals surface area contributed by atoms with Crippen LogP contribution in [0, 0.1) is 6.92 Å². The van der Waals surface area contributed by atoms with E-state index in [9.17, 15) is 0 Å². The fourth-order valence-corrected chi connectivity index (χ4v) is 2.10. The second-order valence-electron chi connectivity index (χ2n) is 4.47. The highest BCUT2D eigenvalue weighted by Crippen LogP contribution is 2.15. The zero-order valence-corrected chi connectivity index (χ0v) is 10.8. The van der Waals surface area contributed by atoms with Crippen molar-refractivity contribution in [3.63, 3.8) is 0 Å². The minimum Gasteiger partial charge on any atom is -0.384 e. The summed E-state index contributed by atoms with van der Waals surface area (Å²) < 4.78 is 6.90. The Balaban J connectivity index is 1.84. The minimum absolute atomic E-state index is 0.561. The highest BCUT2D eigenvalue weighted by atomic mass is 16.5. The lowest BCUT2D eigenvalue weighted by Crippen LogP contribution is -2.36. The molecule has 7 nitrogen and oxygen atoms in total. The third-order valence-corrected chi connectivity index (χ3v) is 3.05. The molecule has 1 fully saturated rings. The summed E-state index contributed by atoms with van der Waals surface area (Å²) in [6, 6.07) is 5.61. The Morgan fingerprint density at radius 1 is 1.16 bits per heavy atom. The van der Waals surface area contributed by atoms with Crippen molar-refractivity contribution >= 4 is 11.6 Å². The molecule has 1 aliphatic rings. The van der Waals surface area contributed by atoms with E-state index in [-0.39, 0.29) is 0 Å². The third kappa shape index (κ3) is 2.37. The Hall–Kier alpha value is -2.15. The van der Waals surface area contributed by atoms with Crippen molar-refractivity contribution in [2.45, 2.75) is 6.92 Å². The number of morpholine rings is 1. The molecule has 2 aromatic heterocycles. The van der Waals surface area contributed by atoms with Crippen molar-refractivity contribution in [2.24, 2.45) is 0 Å². The average molecular weight is 260 g/mol. The molecule has 1 saturated heterocycles. The molecule has 0 bridgehead atoms. The summed E-state index contributed by atoms with van der Waals surface area (Å²) in [5, 5.41) is 12.7. The number of hydrogen-bond acceptors (Lipinski definition) is 6. The predicted molar refractivity (Wildman–Crippen MR) is 71.3 cm³/mol. The van der Waals surface area contributed by atoms with Gasteiger partial charge in [-0.2, -0.15) is 9.78 Å². The first-order valence-electron chi connectivity index (χ1n) is 6.23. The predicted octanol–water partition coefficient (Wildman–Crippen LogP) is 0.390. The van der Waals surface area contributed by atoms with Gasteiger partial charge in [0.2, 0.25) is 0 Å². The van der Waals surface area contributed by atoms with Gasteiger partial charge in [0.1, 0.15) is 5.82 Å². The van der Waals surface area contributed by atoms with Crippen LogP contribution >= 0.6 is 0 Å². The number of ether oxygens (including phenoxy) is 1. The van der Waals surface area contributed by atoms with Crippen molar-refractivity contribution in [3.05, 3.63) is 23.9 Å². The molecule has 2 aromatic rings. The second kappa shape index (κ2) is 4.85. The van der Waals surface area contributed by atoms with Crippen LogP contribution in [0.5, 0.6) is 0 Å². The minimum atomic E-state index is 0.561. The van der Waals surface area contributed by atoms with Crippen LogP contribution in [-0.2, 0) is 4.74 Å². The maximum absolute atomic E-state index is 5.86. The molecule has 100 valence electrons. The Bertz CT molecular complexity index is 558. The maximum Gasteiger partial charge on any atom is 0.178 e. The van der Waals surface area contributed by atoms with E-state index < -0.39 is 0 Å². The van der Waals surface area contributed by atoms with Crippen LogP contribution in [-0.4, -0.2) is 46.3 Å². The summed E-state index contributed by atoms with van der Waals surface area (Å²) in [5.74, 6) is 2.04. The monoisotopic (exact) mass is 260 g/mol. The first-order chi connectivity index (χ1) is 9.24. The molecule has 2 N–H and O–H groups in total. The van der Waals surface area contributed by atoms with Crippen LogP contribution in [0.15, 0.2) is 18.2 Å². The molecule has 0 amide bonds. The van der Waals surface area contributed by atoms with Crippen molar-refractivity contribution < 1.29 is 4.74 Å². The Morgan fingerprint density at radius 2 is 1.84 bits per heavy atom. The lowest BCUT2D eigenvalue weighted by Gasteiger charge is -2.27. The maximum atomic E-state index is 5.86. The van der Waals surface area contributed by atoms with Gasteiger partial charge in [0.15, 0.2) is 11.6 Å². The SMILES string of the molecule is Cc1cc(N)n(-c2ccc(N3CCOCC3)nn2)n1. The van der Waals surface area contributed by atoms with Crippen LogP contribution < -0.4 is 10.6 Å². The van der Waals surface area contributed by atoms with Gasteiger partial charge < -0.3 is 15.4 Å². The van der Waals surface area contributed by atoms with Gasteiger partial charge in [-0.15, -0.1) is 10.2 Å². The zero-order chi connectivity index (χ0) is 13.2. The molecule has 0 spiro atoms. The fraction of sp³-hybridized carbons (Fsp3) is 0.417. The average Bonchev–Trinajstić information content (AvgIpc) is 2.79. The lowest BCUT2D eigenvalue weighted by atomic mass is 10.4.